The molecular formula is C16H35IN4O2. The van der Waals surface area contributed by atoms with Gasteiger partial charge < -0.3 is 20.1 Å². The lowest BCUT2D eigenvalue weighted by Crippen LogP contribution is -2.45. The van der Waals surface area contributed by atoms with E-state index in [1.807, 2.05) is 7.05 Å². The molecule has 23 heavy (non-hydrogen) atoms. The summed E-state index contributed by atoms with van der Waals surface area (Å²) in [6.45, 7) is 8.67. The quantitative estimate of drug-likeness (QED) is 0.221. The molecule has 1 aliphatic rings. The Morgan fingerprint density at radius 2 is 2.04 bits per heavy atom. The molecule has 7 heteroatoms. The predicted molar refractivity (Wildman–Crippen MR) is 107 cm³/mol. The van der Waals surface area contributed by atoms with E-state index in [0.29, 0.717) is 19.3 Å². The number of nitrogens with one attached hydrogen (secondary N) is 2. The highest BCUT2D eigenvalue weighted by Gasteiger charge is 2.22. The van der Waals surface area contributed by atoms with E-state index in [2.05, 4.69) is 27.4 Å². The maximum Gasteiger partial charge on any atom is 0.191 e. The molecular weight excluding hydrogens is 407 g/mol. The summed E-state index contributed by atoms with van der Waals surface area (Å²) in [6.07, 6.45) is 4.74. The molecule has 0 bridgehead atoms. The Morgan fingerprint density at radius 1 is 1.22 bits per heavy atom. The predicted octanol–water partition coefficient (Wildman–Crippen LogP) is 1.70. The molecule has 1 aliphatic heterocycles. The molecule has 0 amide bonds. The third kappa shape index (κ3) is 10.4. The number of ether oxygens (including phenoxy) is 2. The van der Waals surface area contributed by atoms with Crippen molar-refractivity contribution >= 4 is 29.9 Å². The van der Waals surface area contributed by atoms with Crippen LogP contribution >= 0.6 is 24.0 Å². The van der Waals surface area contributed by atoms with Crippen LogP contribution in [0.15, 0.2) is 4.99 Å². The highest BCUT2D eigenvalue weighted by Crippen LogP contribution is 2.15. The van der Waals surface area contributed by atoms with E-state index in [1.54, 1.807) is 7.11 Å². The molecule has 0 aromatic rings. The minimum absolute atomic E-state index is 0. The van der Waals surface area contributed by atoms with E-state index in [1.165, 1.54) is 19.4 Å². The Balaban J connectivity index is 0.00000484. The molecule has 0 spiro atoms. The van der Waals surface area contributed by atoms with Gasteiger partial charge in [-0.15, -0.1) is 24.0 Å². The average Bonchev–Trinajstić information content (AvgIpc) is 3.00. The molecule has 0 saturated carbocycles. The van der Waals surface area contributed by atoms with Gasteiger partial charge in [-0.25, -0.2) is 0 Å². The Labute approximate surface area is 158 Å². The number of guanidine groups is 1. The maximum atomic E-state index is 5.44. The normalized spacial score (nSPS) is 18.7. The molecule has 0 aliphatic carbocycles. The highest BCUT2D eigenvalue weighted by molar-refractivity contribution is 14.0. The number of hydrogen-bond acceptors (Lipinski definition) is 4. The van der Waals surface area contributed by atoms with E-state index in [9.17, 15) is 0 Å². The molecule has 1 heterocycles. The van der Waals surface area contributed by atoms with E-state index in [-0.39, 0.29) is 24.0 Å². The summed E-state index contributed by atoms with van der Waals surface area (Å²) in [5.74, 6) is 0.906. The van der Waals surface area contributed by atoms with Crippen molar-refractivity contribution in [3.05, 3.63) is 0 Å². The van der Waals surface area contributed by atoms with Crippen LogP contribution in [0.2, 0.25) is 0 Å². The van der Waals surface area contributed by atoms with Gasteiger partial charge in [-0.05, 0) is 38.8 Å². The van der Waals surface area contributed by atoms with E-state index in [4.69, 9.17) is 9.47 Å². The molecule has 1 rings (SSSR count). The summed E-state index contributed by atoms with van der Waals surface area (Å²) in [6, 6.07) is 0.651. The van der Waals surface area contributed by atoms with Gasteiger partial charge in [0.25, 0.3) is 0 Å². The highest BCUT2D eigenvalue weighted by atomic mass is 127. The topological polar surface area (TPSA) is 58.1 Å². The fraction of sp³-hybridized carbons (Fsp3) is 0.938. The molecule has 0 aromatic carbocycles. The van der Waals surface area contributed by atoms with Crippen molar-refractivity contribution in [3.63, 3.8) is 0 Å². The van der Waals surface area contributed by atoms with Crippen molar-refractivity contribution in [1.82, 2.24) is 15.5 Å². The third-order valence-electron chi connectivity index (χ3n) is 4.07. The van der Waals surface area contributed by atoms with Crippen LogP contribution in [-0.4, -0.2) is 77.1 Å². The standard InChI is InChI=1S/C16H34N4O2.HI/c1-4-20-10-7-8-15(20)14-19-16(17-2)18-9-5-6-11-22-13-12-21-3;/h15H,4-14H2,1-3H3,(H2,17,18,19);1H. The number of aliphatic imine (C=N–C) groups is 1. The van der Waals surface area contributed by atoms with Gasteiger partial charge in [0.15, 0.2) is 5.96 Å². The van der Waals surface area contributed by atoms with Crippen LogP contribution in [0.5, 0.6) is 0 Å². The SMILES string of the molecule is CCN1CCCC1CNC(=NC)NCCCCOCCOC.I. The average molecular weight is 442 g/mol. The van der Waals surface area contributed by atoms with Crippen LogP contribution < -0.4 is 10.6 Å². The van der Waals surface area contributed by atoms with Crippen molar-refractivity contribution in [1.29, 1.82) is 0 Å². The van der Waals surface area contributed by atoms with Crippen LogP contribution in [0.25, 0.3) is 0 Å². The third-order valence-corrected chi connectivity index (χ3v) is 4.07. The summed E-state index contributed by atoms with van der Waals surface area (Å²) in [5.41, 5.74) is 0. The second-order valence-corrected chi connectivity index (χ2v) is 5.62. The summed E-state index contributed by atoms with van der Waals surface area (Å²) in [7, 11) is 3.52. The monoisotopic (exact) mass is 442 g/mol. The number of methoxy groups -OCH3 is 1. The zero-order chi connectivity index (χ0) is 16.0. The number of unbranched alkanes of at least 4 members (excludes halogenated alkanes) is 1. The number of likely N-dealkylation sites (tertiary alicyclic amines) is 1. The largest absolute Gasteiger partial charge is 0.382 e. The summed E-state index contributed by atoms with van der Waals surface area (Å²) in [5, 5.41) is 6.81. The molecule has 138 valence electrons. The fourth-order valence-electron chi connectivity index (χ4n) is 2.76. The summed E-state index contributed by atoms with van der Waals surface area (Å²) >= 11 is 0. The van der Waals surface area contributed by atoms with Crippen LogP contribution in [0.1, 0.15) is 32.6 Å². The van der Waals surface area contributed by atoms with Gasteiger partial charge >= 0.3 is 0 Å². The Bertz CT molecular complexity index is 306. The van der Waals surface area contributed by atoms with Gasteiger partial charge in [0.05, 0.1) is 13.2 Å². The Hall–Kier alpha value is -0.120. The van der Waals surface area contributed by atoms with Gasteiger partial charge in [-0.2, -0.15) is 0 Å². The Morgan fingerprint density at radius 3 is 2.74 bits per heavy atom. The van der Waals surface area contributed by atoms with E-state index >= 15 is 0 Å². The zero-order valence-electron chi connectivity index (χ0n) is 15.0. The van der Waals surface area contributed by atoms with Crippen molar-refractivity contribution in [3.8, 4) is 0 Å². The second kappa shape index (κ2) is 15.4. The number of halogens is 1. The van der Waals surface area contributed by atoms with Gasteiger partial charge in [-0.1, -0.05) is 6.92 Å². The number of hydrogen-bond donors (Lipinski definition) is 2. The van der Waals surface area contributed by atoms with Gasteiger partial charge in [0.2, 0.25) is 0 Å². The molecule has 6 nitrogen and oxygen atoms in total. The van der Waals surface area contributed by atoms with E-state index < -0.39 is 0 Å². The molecule has 1 fully saturated rings. The summed E-state index contributed by atoms with van der Waals surface area (Å²) < 4.78 is 10.4. The van der Waals surface area contributed by atoms with Crippen LogP contribution in [-0.2, 0) is 9.47 Å². The molecule has 1 unspecified atom stereocenters. The lowest BCUT2D eigenvalue weighted by molar-refractivity contribution is 0.0689. The lowest BCUT2D eigenvalue weighted by Gasteiger charge is -2.23. The maximum absolute atomic E-state index is 5.44. The Kier molecular flexibility index (Phi) is 15.3. The van der Waals surface area contributed by atoms with Crippen LogP contribution in [0.3, 0.4) is 0 Å². The van der Waals surface area contributed by atoms with E-state index in [0.717, 1.165) is 45.0 Å². The molecule has 1 saturated heterocycles. The molecule has 2 N–H and O–H groups in total. The number of nitrogens with zero attached hydrogens (tertiary/aromatic N) is 2. The van der Waals surface area contributed by atoms with Gasteiger partial charge in [0.1, 0.15) is 0 Å². The van der Waals surface area contributed by atoms with Gasteiger partial charge in [0, 0.05) is 39.9 Å². The molecule has 0 radical (unpaired) electrons. The minimum Gasteiger partial charge on any atom is -0.382 e. The first-order chi connectivity index (χ1) is 10.8. The van der Waals surface area contributed by atoms with Crippen molar-refractivity contribution < 1.29 is 9.47 Å². The second-order valence-electron chi connectivity index (χ2n) is 5.62. The van der Waals surface area contributed by atoms with Crippen LogP contribution in [0, 0.1) is 0 Å². The minimum atomic E-state index is 0. The van der Waals surface area contributed by atoms with Gasteiger partial charge in [-0.3, -0.25) is 9.89 Å². The molecule has 1 atom stereocenters. The van der Waals surface area contributed by atoms with Crippen molar-refractivity contribution in [2.75, 3.05) is 60.2 Å². The lowest BCUT2D eigenvalue weighted by atomic mass is 10.2. The first-order valence-corrected chi connectivity index (χ1v) is 8.57. The summed E-state index contributed by atoms with van der Waals surface area (Å²) in [4.78, 5) is 6.83. The number of likely N-dealkylation sites (N-methyl/N-ethyl adjacent to an activating group) is 1. The van der Waals surface area contributed by atoms with Crippen molar-refractivity contribution in [2.24, 2.45) is 4.99 Å². The first kappa shape index (κ1) is 22.9. The number of rotatable bonds is 11. The molecule has 0 aromatic heterocycles. The fourth-order valence-corrected chi connectivity index (χ4v) is 2.76. The smallest absolute Gasteiger partial charge is 0.191 e. The zero-order valence-corrected chi connectivity index (χ0v) is 17.3. The van der Waals surface area contributed by atoms with Crippen molar-refractivity contribution in [2.45, 2.75) is 38.6 Å². The first-order valence-electron chi connectivity index (χ1n) is 8.57. The van der Waals surface area contributed by atoms with Crippen LogP contribution in [0.4, 0.5) is 0 Å².